The molecule has 1 amide bonds. The second-order valence-corrected chi connectivity index (χ2v) is 6.34. The van der Waals surface area contributed by atoms with Crippen molar-refractivity contribution in [2.24, 2.45) is 0 Å². The topological polar surface area (TPSA) is 46.9 Å². The number of carbonyl (C=O) groups excluding carboxylic acids is 1. The molecule has 0 saturated heterocycles. The number of anilines is 1. The molecule has 0 aliphatic heterocycles. The molecule has 2 aromatic carbocycles. The smallest absolute Gasteiger partial charge is 0.321 e. The third kappa shape index (κ3) is 4.55. The molecule has 1 aromatic heterocycles. The highest BCUT2D eigenvalue weighted by atomic mass is 19.4. The first kappa shape index (κ1) is 18.7. The van der Waals surface area contributed by atoms with Gasteiger partial charge in [0.05, 0.1) is 17.8 Å². The van der Waals surface area contributed by atoms with Gasteiger partial charge in [0.1, 0.15) is 5.69 Å². The Bertz CT molecular complexity index is 942. The Morgan fingerprint density at radius 3 is 2.26 bits per heavy atom. The van der Waals surface area contributed by atoms with Crippen molar-refractivity contribution in [3.8, 4) is 0 Å². The molecule has 0 aliphatic carbocycles. The van der Waals surface area contributed by atoms with E-state index in [1.165, 1.54) is 12.1 Å². The number of benzene rings is 2. The van der Waals surface area contributed by atoms with Crippen molar-refractivity contribution >= 4 is 11.6 Å². The monoisotopic (exact) mass is 373 g/mol. The van der Waals surface area contributed by atoms with Crippen molar-refractivity contribution in [2.75, 3.05) is 5.32 Å². The molecule has 0 spiro atoms. The summed E-state index contributed by atoms with van der Waals surface area (Å²) in [6.07, 6.45) is -4.41. The van der Waals surface area contributed by atoms with Gasteiger partial charge in [0.15, 0.2) is 0 Å². The van der Waals surface area contributed by atoms with E-state index in [1.54, 1.807) is 17.7 Å². The summed E-state index contributed by atoms with van der Waals surface area (Å²) < 4.78 is 39.5. The first-order valence-corrected chi connectivity index (χ1v) is 8.31. The largest absolute Gasteiger partial charge is 0.416 e. The highest BCUT2D eigenvalue weighted by Gasteiger charge is 2.30. The maximum atomic E-state index is 12.6. The van der Waals surface area contributed by atoms with E-state index >= 15 is 0 Å². The lowest BCUT2D eigenvalue weighted by atomic mass is 10.1. The van der Waals surface area contributed by atoms with Crippen molar-refractivity contribution < 1.29 is 18.0 Å². The van der Waals surface area contributed by atoms with Crippen LogP contribution in [0.4, 0.5) is 18.9 Å². The zero-order valence-corrected chi connectivity index (χ0v) is 14.8. The standard InChI is InChI=1S/C20H18F3N3O/c1-13-3-5-15(6-4-13)12-26-18(11-14(2)25-26)19(27)24-17-9-7-16(8-10-17)20(21,22)23/h3-11H,12H2,1-2H3,(H,24,27). The number of rotatable bonds is 4. The van der Waals surface area contributed by atoms with Crippen molar-refractivity contribution in [2.45, 2.75) is 26.6 Å². The lowest BCUT2D eigenvalue weighted by Crippen LogP contribution is -2.18. The van der Waals surface area contributed by atoms with Gasteiger partial charge in [0.2, 0.25) is 0 Å². The Balaban J connectivity index is 1.78. The number of halogens is 3. The molecule has 0 bridgehead atoms. The Morgan fingerprint density at radius 1 is 1.04 bits per heavy atom. The molecule has 0 radical (unpaired) electrons. The molecule has 140 valence electrons. The normalized spacial score (nSPS) is 11.4. The van der Waals surface area contributed by atoms with E-state index < -0.39 is 17.6 Å². The van der Waals surface area contributed by atoms with E-state index in [4.69, 9.17) is 0 Å². The fourth-order valence-corrected chi connectivity index (χ4v) is 2.65. The molecular formula is C20H18F3N3O. The van der Waals surface area contributed by atoms with Crippen LogP contribution < -0.4 is 5.32 Å². The summed E-state index contributed by atoms with van der Waals surface area (Å²) in [6, 6.07) is 13.9. The molecule has 0 saturated carbocycles. The molecule has 4 nitrogen and oxygen atoms in total. The van der Waals surface area contributed by atoms with Crippen molar-refractivity contribution in [3.05, 3.63) is 82.7 Å². The average molecular weight is 373 g/mol. The van der Waals surface area contributed by atoms with Gasteiger partial charge >= 0.3 is 6.18 Å². The maximum Gasteiger partial charge on any atom is 0.416 e. The predicted octanol–water partition coefficient (Wildman–Crippen LogP) is 4.82. The number of aromatic nitrogens is 2. The van der Waals surface area contributed by atoms with Gasteiger partial charge in [-0.2, -0.15) is 18.3 Å². The van der Waals surface area contributed by atoms with Gasteiger partial charge in [-0.3, -0.25) is 9.48 Å². The van der Waals surface area contributed by atoms with Gasteiger partial charge < -0.3 is 5.32 Å². The lowest BCUT2D eigenvalue weighted by Gasteiger charge is -2.10. The van der Waals surface area contributed by atoms with E-state index in [0.717, 1.165) is 23.3 Å². The van der Waals surface area contributed by atoms with Crippen LogP contribution in [-0.2, 0) is 12.7 Å². The molecule has 1 N–H and O–H groups in total. The minimum atomic E-state index is -4.41. The second-order valence-electron chi connectivity index (χ2n) is 6.34. The Hall–Kier alpha value is -3.09. The van der Waals surface area contributed by atoms with E-state index in [9.17, 15) is 18.0 Å². The molecule has 7 heteroatoms. The minimum Gasteiger partial charge on any atom is -0.321 e. The third-order valence-electron chi connectivity index (χ3n) is 4.06. The number of nitrogens with one attached hydrogen (secondary N) is 1. The first-order chi connectivity index (χ1) is 12.7. The van der Waals surface area contributed by atoms with Crippen LogP contribution in [-0.4, -0.2) is 15.7 Å². The van der Waals surface area contributed by atoms with Crippen molar-refractivity contribution in [1.29, 1.82) is 0 Å². The number of hydrogen-bond donors (Lipinski definition) is 1. The van der Waals surface area contributed by atoms with Crippen molar-refractivity contribution in [3.63, 3.8) is 0 Å². The third-order valence-corrected chi connectivity index (χ3v) is 4.06. The van der Waals surface area contributed by atoms with Gasteiger partial charge in [-0.1, -0.05) is 29.8 Å². The zero-order valence-electron chi connectivity index (χ0n) is 14.8. The molecule has 27 heavy (non-hydrogen) atoms. The van der Waals surface area contributed by atoms with Gasteiger partial charge in [-0.25, -0.2) is 0 Å². The quantitative estimate of drug-likeness (QED) is 0.713. The van der Waals surface area contributed by atoms with Gasteiger partial charge in [0, 0.05) is 5.69 Å². The predicted molar refractivity (Wildman–Crippen MR) is 96.6 cm³/mol. The second kappa shape index (κ2) is 7.26. The van der Waals surface area contributed by atoms with Crippen LogP contribution in [0.15, 0.2) is 54.6 Å². The number of nitrogens with zero attached hydrogens (tertiary/aromatic N) is 2. The zero-order chi connectivity index (χ0) is 19.6. The van der Waals surface area contributed by atoms with E-state index in [-0.39, 0.29) is 5.69 Å². The molecule has 0 fully saturated rings. The molecule has 0 atom stereocenters. The molecule has 3 aromatic rings. The lowest BCUT2D eigenvalue weighted by molar-refractivity contribution is -0.137. The summed E-state index contributed by atoms with van der Waals surface area (Å²) in [5.74, 6) is -0.428. The molecule has 1 heterocycles. The number of carbonyl (C=O) groups is 1. The summed E-state index contributed by atoms with van der Waals surface area (Å²) >= 11 is 0. The SMILES string of the molecule is Cc1ccc(Cn2nc(C)cc2C(=O)Nc2ccc(C(F)(F)F)cc2)cc1. The summed E-state index contributed by atoms with van der Waals surface area (Å²) in [7, 11) is 0. The summed E-state index contributed by atoms with van der Waals surface area (Å²) in [6.45, 7) is 4.19. The summed E-state index contributed by atoms with van der Waals surface area (Å²) in [5, 5.41) is 6.96. The van der Waals surface area contributed by atoms with Crippen LogP contribution in [0.5, 0.6) is 0 Å². The first-order valence-electron chi connectivity index (χ1n) is 8.31. The van der Waals surface area contributed by atoms with Crippen LogP contribution in [0, 0.1) is 13.8 Å². The van der Waals surface area contributed by atoms with Gasteiger partial charge in [0.25, 0.3) is 5.91 Å². The molecule has 3 rings (SSSR count). The van der Waals surface area contributed by atoms with Crippen LogP contribution in [0.2, 0.25) is 0 Å². The maximum absolute atomic E-state index is 12.6. The number of alkyl halides is 3. The van der Waals surface area contributed by atoms with Gasteiger partial charge in [-0.15, -0.1) is 0 Å². The van der Waals surface area contributed by atoms with E-state index in [1.807, 2.05) is 31.2 Å². The number of hydrogen-bond acceptors (Lipinski definition) is 2. The Kier molecular flexibility index (Phi) is 5.03. The van der Waals surface area contributed by atoms with E-state index in [2.05, 4.69) is 10.4 Å². The Morgan fingerprint density at radius 2 is 1.67 bits per heavy atom. The fourth-order valence-electron chi connectivity index (χ4n) is 2.65. The van der Waals surface area contributed by atoms with Crippen LogP contribution in [0.25, 0.3) is 0 Å². The highest BCUT2D eigenvalue weighted by Crippen LogP contribution is 2.29. The van der Waals surface area contributed by atoms with Crippen LogP contribution >= 0.6 is 0 Å². The minimum absolute atomic E-state index is 0.286. The summed E-state index contributed by atoms with van der Waals surface area (Å²) in [4.78, 5) is 12.6. The Labute approximate surface area is 154 Å². The number of aryl methyl sites for hydroxylation is 2. The van der Waals surface area contributed by atoms with Gasteiger partial charge in [-0.05, 0) is 49.7 Å². The van der Waals surface area contributed by atoms with Crippen LogP contribution in [0.3, 0.4) is 0 Å². The average Bonchev–Trinajstić information content (AvgIpc) is 2.97. The molecular weight excluding hydrogens is 355 g/mol. The number of amides is 1. The van der Waals surface area contributed by atoms with Crippen LogP contribution in [0.1, 0.15) is 32.9 Å². The van der Waals surface area contributed by atoms with E-state index in [0.29, 0.717) is 17.9 Å². The highest BCUT2D eigenvalue weighted by molar-refractivity contribution is 6.03. The fraction of sp³-hybridized carbons (Fsp3) is 0.200. The van der Waals surface area contributed by atoms with Crippen molar-refractivity contribution in [1.82, 2.24) is 9.78 Å². The molecule has 0 aliphatic rings. The molecule has 0 unspecified atom stereocenters. The summed E-state index contributed by atoms with van der Waals surface area (Å²) in [5.41, 5.74) is 2.67.